The lowest BCUT2D eigenvalue weighted by Crippen LogP contribution is -2.36. The topological polar surface area (TPSA) is 81.4 Å². The number of carbonyl (C=O) groups is 2. The smallest absolute Gasteiger partial charge is 0.255 e. The van der Waals surface area contributed by atoms with Gasteiger partial charge in [-0.3, -0.25) is 9.59 Å². The van der Waals surface area contributed by atoms with E-state index < -0.39 is 5.91 Å². The third-order valence-electron chi connectivity index (χ3n) is 3.44. The van der Waals surface area contributed by atoms with Crippen LogP contribution in [0, 0.1) is 0 Å². The molecule has 20 heavy (non-hydrogen) atoms. The van der Waals surface area contributed by atoms with Gasteiger partial charge < -0.3 is 15.8 Å². The van der Waals surface area contributed by atoms with Gasteiger partial charge in [0, 0.05) is 6.04 Å². The summed E-state index contributed by atoms with van der Waals surface area (Å²) in [5.74, 6) is -0.330. The summed E-state index contributed by atoms with van der Waals surface area (Å²) in [7, 11) is 0. The molecule has 0 unspecified atom stereocenters. The van der Waals surface area contributed by atoms with E-state index in [0.717, 1.165) is 25.7 Å². The second kappa shape index (κ2) is 6.93. The molecule has 1 fully saturated rings. The van der Waals surface area contributed by atoms with Crippen LogP contribution in [0.1, 0.15) is 42.5 Å². The average molecular weight is 276 g/mol. The SMILES string of the molecule is NC(=O)COc1ccccc1C(=O)NC1CCCCC1. The minimum atomic E-state index is -0.563. The van der Waals surface area contributed by atoms with E-state index >= 15 is 0 Å². The summed E-state index contributed by atoms with van der Waals surface area (Å²) in [4.78, 5) is 23.0. The first-order valence-corrected chi connectivity index (χ1v) is 6.98. The van der Waals surface area contributed by atoms with Crippen LogP contribution < -0.4 is 15.8 Å². The second-order valence-electron chi connectivity index (χ2n) is 5.06. The molecule has 0 aliphatic heterocycles. The molecule has 0 bridgehead atoms. The molecule has 1 aliphatic carbocycles. The van der Waals surface area contributed by atoms with Gasteiger partial charge >= 0.3 is 0 Å². The van der Waals surface area contributed by atoms with Gasteiger partial charge in [0.05, 0.1) is 5.56 Å². The van der Waals surface area contributed by atoms with Crippen molar-refractivity contribution in [2.75, 3.05) is 6.61 Å². The fourth-order valence-electron chi connectivity index (χ4n) is 2.44. The lowest BCUT2D eigenvalue weighted by Gasteiger charge is -2.23. The summed E-state index contributed by atoms with van der Waals surface area (Å²) >= 11 is 0. The van der Waals surface area contributed by atoms with Crippen LogP contribution in [0.2, 0.25) is 0 Å². The molecule has 5 nitrogen and oxygen atoms in total. The predicted molar refractivity (Wildman–Crippen MR) is 75.5 cm³/mol. The van der Waals surface area contributed by atoms with Gasteiger partial charge in [0.15, 0.2) is 6.61 Å². The molecular weight excluding hydrogens is 256 g/mol. The van der Waals surface area contributed by atoms with Crippen molar-refractivity contribution in [2.24, 2.45) is 5.73 Å². The summed E-state index contributed by atoms with van der Waals surface area (Å²) in [6, 6.07) is 7.12. The molecule has 2 rings (SSSR count). The molecule has 1 aromatic rings. The summed E-state index contributed by atoms with van der Waals surface area (Å²) in [6.45, 7) is -0.228. The standard InChI is InChI=1S/C15H20N2O3/c16-14(18)10-20-13-9-5-4-8-12(13)15(19)17-11-6-2-1-3-7-11/h4-5,8-9,11H,1-3,6-7,10H2,(H2,16,18)(H,17,19). The van der Waals surface area contributed by atoms with E-state index in [2.05, 4.69) is 5.32 Å². The molecule has 1 aromatic carbocycles. The maximum Gasteiger partial charge on any atom is 0.255 e. The molecule has 0 spiro atoms. The van der Waals surface area contributed by atoms with Gasteiger partial charge in [-0.2, -0.15) is 0 Å². The summed E-state index contributed by atoms with van der Waals surface area (Å²) in [5, 5.41) is 3.03. The van der Waals surface area contributed by atoms with Gasteiger partial charge in [-0.05, 0) is 25.0 Å². The molecule has 0 radical (unpaired) electrons. The van der Waals surface area contributed by atoms with E-state index in [9.17, 15) is 9.59 Å². The quantitative estimate of drug-likeness (QED) is 0.857. The van der Waals surface area contributed by atoms with Crippen molar-refractivity contribution in [2.45, 2.75) is 38.1 Å². The molecule has 1 saturated carbocycles. The zero-order valence-corrected chi connectivity index (χ0v) is 11.4. The first kappa shape index (κ1) is 14.4. The second-order valence-corrected chi connectivity index (χ2v) is 5.06. The van der Waals surface area contributed by atoms with Crippen LogP contribution in [0.5, 0.6) is 5.75 Å². The van der Waals surface area contributed by atoms with Crippen molar-refractivity contribution >= 4 is 11.8 Å². The minimum Gasteiger partial charge on any atom is -0.483 e. The number of para-hydroxylation sites is 1. The Hall–Kier alpha value is -2.04. The monoisotopic (exact) mass is 276 g/mol. The lowest BCUT2D eigenvalue weighted by molar-refractivity contribution is -0.119. The van der Waals surface area contributed by atoms with Crippen LogP contribution in [0.3, 0.4) is 0 Å². The number of hydrogen-bond donors (Lipinski definition) is 2. The predicted octanol–water partition coefficient (Wildman–Crippen LogP) is 1.61. The Morgan fingerprint density at radius 3 is 2.60 bits per heavy atom. The number of ether oxygens (including phenoxy) is 1. The molecule has 108 valence electrons. The van der Waals surface area contributed by atoms with Crippen molar-refractivity contribution in [1.29, 1.82) is 0 Å². The molecule has 0 heterocycles. The van der Waals surface area contributed by atoms with Crippen molar-refractivity contribution in [3.05, 3.63) is 29.8 Å². The molecule has 1 aliphatic rings. The molecule has 5 heteroatoms. The minimum absolute atomic E-state index is 0.156. The molecule has 2 amide bonds. The van der Waals surface area contributed by atoms with E-state index in [1.807, 2.05) is 0 Å². The normalized spacial score (nSPS) is 15.6. The average Bonchev–Trinajstić information content (AvgIpc) is 2.46. The Labute approximate surface area is 118 Å². The van der Waals surface area contributed by atoms with Crippen LogP contribution >= 0.6 is 0 Å². The zero-order chi connectivity index (χ0) is 14.4. The van der Waals surface area contributed by atoms with Gasteiger partial charge in [0.2, 0.25) is 0 Å². The van der Waals surface area contributed by atoms with E-state index in [-0.39, 0.29) is 18.6 Å². The van der Waals surface area contributed by atoms with Crippen LogP contribution in [-0.4, -0.2) is 24.5 Å². The Morgan fingerprint density at radius 2 is 1.90 bits per heavy atom. The number of nitrogens with two attached hydrogens (primary N) is 1. The van der Waals surface area contributed by atoms with Crippen molar-refractivity contribution in [3.63, 3.8) is 0 Å². The number of carbonyl (C=O) groups excluding carboxylic acids is 2. The number of nitrogens with one attached hydrogen (secondary N) is 1. The molecule has 0 aromatic heterocycles. The third-order valence-corrected chi connectivity index (χ3v) is 3.44. The highest BCUT2D eigenvalue weighted by molar-refractivity contribution is 5.97. The van der Waals surface area contributed by atoms with Crippen LogP contribution in [0.25, 0.3) is 0 Å². The highest BCUT2D eigenvalue weighted by Gasteiger charge is 2.19. The van der Waals surface area contributed by atoms with Crippen molar-refractivity contribution in [1.82, 2.24) is 5.32 Å². The van der Waals surface area contributed by atoms with E-state index in [1.165, 1.54) is 6.42 Å². The number of benzene rings is 1. The Bertz CT molecular complexity index is 482. The van der Waals surface area contributed by atoms with Crippen LogP contribution in [0.4, 0.5) is 0 Å². The van der Waals surface area contributed by atoms with Gasteiger partial charge in [0.25, 0.3) is 11.8 Å². The van der Waals surface area contributed by atoms with Crippen molar-refractivity contribution < 1.29 is 14.3 Å². The van der Waals surface area contributed by atoms with Gasteiger partial charge in [0.1, 0.15) is 5.75 Å². The number of primary amides is 1. The van der Waals surface area contributed by atoms with Crippen LogP contribution in [-0.2, 0) is 4.79 Å². The lowest BCUT2D eigenvalue weighted by atomic mass is 9.95. The molecule has 0 saturated heterocycles. The molecule has 0 atom stereocenters. The van der Waals surface area contributed by atoms with Crippen LogP contribution in [0.15, 0.2) is 24.3 Å². The highest BCUT2D eigenvalue weighted by Crippen LogP contribution is 2.21. The summed E-state index contributed by atoms with van der Waals surface area (Å²) < 4.78 is 5.27. The summed E-state index contributed by atoms with van der Waals surface area (Å²) in [6.07, 6.45) is 5.60. The highest BCUT2D eigenvalue weighted by atomic mass is 16.5. The Morgan fingerprint density at radius 1 is 1.20 bits per heavy atom. The van der Waals surface area contributed by atoms with E-state index in [1.54, 1.807) is 24.3 Å². The van der Waals surface area contributed by atoms with Gasteiger partial charge in [-0.1, -0.05) is 31.4 Å². The fourth-order valence-corrected chi connectivity index (χ4v) is 2.44. The number of amides is 2. The van der Waals surface area contributed by atoms with Gasteiger partial charge in [-0.15, -0.1) is 0 Å². The van der Waals surface area contributed by atoms with Crippen molar-refractivity contribution in [3.8, 4) is 5.75 Å². The maximum atomic E-state index is 12.3. The zero-order valence-electron chi connectivity index (χ0n) is 11.4. The third kappa shape index (κ3) is 3.98. The Kier molecular flexibility index (Phi) is 4.98. The number of hydrogen-bond acceptors (Lipinski definition) is 3. The van der Waals surface area contributed by atoms with E-state index in [4.69, 9.17) is 10.5 Å². The Balaban J connectivity index is 2.02. The largest absolute Gasteiger partial charge is 0.483 e. The number of rotatable bonds is 5. The molecular formula is C15H20N2O3. The summed E-state index contributed by atoms with van der Waals surface area (Å²) in [5.41, 5.74) is 5.50. The maximum absolute atomic E-state index is 12.3. The first-order chi connectivity index (χ1) is 9.66. The van der Waals surface area contributed by atoms with Gasteiger partial charge in [-0.25, -0.2) is 0 Å². The molecule has 3 N–H and O–H groups in total. The van der Waals surface area contributed by atoms with E-state index in [0.29, 0.717) is 11.3 Å². The fraction of sp³-hybridized carbons (Fsp3) is 0.467. The first-order valence-electron chi connectivity index (χ1n) is 6.98.